The molecule has 2 unspecified atom stereocenters. The number of ether oxygens (including phenoxy) is 2. The standard InChI is InChI=1S/C17H32O4/c1-5-14(3)20-16(18)12-10-8-7-9-11-13-17(19)21-15(4)6-2/h14-15H,5-13H2,1-4H3. The van der Waals surface area contributed by atoms with Crippen LogP contribution in [0.25, 0.3) is 0 Å². The summed E-state index contributed by atoms with van der Waals surface area (Å²) < 4.78 is 10.4. The highest BCUT2D eigenvalue weighted by Crippen LogP contribution is 2.10. The Morgan fingerprint density at radius 1 is 0.714 bits per heavy atom. The molecule has 124 valence electrons. The number of esters is 2. The predicted molar refractivity (Wildman–Crippen MR) is 84.0 cm³/mol. The molecule has 4 nitrogen and oxygen atoms in total. The molecule has 0 aromatic rings. The maximum absolute atomic E-state index is 11.4. The zero-order chi connectivity index (χ0) is 16.1. The Labute approximate surface area is 129 Å². The quantitative estimate of drug-likeness (QED) is 0.396. The van der Waals surface area contributed by atoms with Crippen molar-refractivity contribution >= 4 is 11.9 Å². The summed E-state index contributed by atoms with van der Waals surface area (Å²) in [7, 11) is 0. The van der Waals surface area contributed by atoms with Crippen LogP contribution < -0.4 is 0 Å². The van der Waals surface area contributed by atoms with Crippen molar-refractivity contribution in [2.45, 2.75) is 97.7 Å². The number of hydrogen-bond acceptors (Lipinski definition) is 4. The molecule has 0 aliphatic rings. The van der Waals surface area contributed by atoms with Crippen molar-refractivity contribution in [2.24, 2.45) is 0 Å². The molecule has 0 aliphatic carbocycles. The first-order chi connectivity index (χ1) is 9.99. The second kappa shape index (κ2) is 12.7. The van der Waals surface area contributed by atoms with Crippen LogP contribution in [0.2, 0.25) is 0 Å². The molecular weight excluding hydrogens is 268 g/mol. The molecule has 0 aromatic carbocycles. The van der Waals surface area contributed by atoms with Gasteiger partial charge in [0.15, 0.2) is 0 Å². The first-order valence-electron chi connectivity index (χ1n) is 8.38. The highest BCUT2D eigenvalue weighted by Gasteiger charge is 2.08. The van der Waals surface area contributed by atoms with Gasteiger partial charge in [0.2, 0.25) is 0 Å². The van der Waals surface area contributed by atoms with Gasteiger partial charge in [-0.3, -0.25) is 9.59 Å². The van der Waals surface area contributed by atoms with Gasteiger partial charge in [0.05, 0.1) is 12.2 Å². The van der Waals surface area contributed by atoms with Gasteiger partial charge >= 0.3 is 11.9 Å². The average Bonchev–Trinajstić information content (AvgIpc) is 2.45. The SMILES string of the molecule is CCC(C)OC(=O)CCCCCCCC(=O)OC(C)CC. The van der Waals surface area contributed by atoms with E-state index in [1.807, 2.05) is 27.7 Å². The smallest absolute Gasteiger partial charge is 0.306 e. The minimum absolute atomic E-state index is 0.0222. The Hall–Kier alpha value is -1.06. The van der Waals surface area contributed by atoms with Crippen LogP contribution >= 0.6 is 0 Å². The summed E-state index contributed by atoms with van der Waals surface area (Å²) in [6.07, 6.45) is 7.57. The number of carbonyl (C=O) groups excluding carboxylic acids is 2. The van der Waals surface area contributed by atoms with Crippen molar-refractivity contribution in [3.8, 4) is 0 Å². The highest BCUT2D eigenvalue weighted by atomic mass is 16.5. The summed E-state index contributed by atoms with van der Waals surface area (Å²) in [6, 6.07) is 0. The fraction of sp³-hybridized carbons (Fsp3) is 0.882. The van der Waals surface area contributed by atoms with E-state index >= 15 is 0 Å². The highest BCUT2D eigenvalue weighted by molar-refractivity contribution is 5.69. The number of hydrogen-bond donors (Lipinski definition) is 0. The van der Waals surface area contributed by atoms with E-state index in [-0.39, 0.29) is 24.1 Å². The Bertz CT molecular complexity index is 261. The van der Waals surface area contributed by atoms with Crippen molar-refractivity contribution in [1.29, 1.82) is 0 Å². The average molecular weight is 300 g/mol. The molecule has 0 heterocycles. The molecule has 2 atom stereocenters. The van der Waals surface area contributed by atoms with Gasteiger partial charge in [-0.15, -0.1) is 0 Å². The fourth-order valence-corrected chi connectivity index (χ4v) is 1.80. The summed E-state index contributed by atoms with van der Waals surface area (Å²) in [5, 5.41) is 0. The van der Waals surface area contributed by atoms with Crippen molar-refractivity contribution in [3.63, 3.8) is 0 Å². The van der Waals surface area contributed by atoms with Crippen LogP contribution in [0, 0.1) is 0 Å². The molecule has 0 N–H and O–H groups in total. The summed E-state index contributed by atoms with van der Waals surface area (Å²) in [5.74, 6) is -0.192. The topological polar surface area (TPSA) is 52.6 Å². The molecule has 0 saturated carbocycles. The second-order valence-corrected chi connectivity index (χ2v) is 5.69. The van der Waals surface area contributed by atoms with E-state index in [2.05, 4.69) is 0 Å². The summed E-state index contributed by atoms with van der Waals surface area (Å²) >= 11 is 0. The molecule has 0 aromatic heterocycles. The third kappa shape index (κ3) is 12.4. The zero-order valence-corrected chi connectivity index (χ0v) is 14.2. The van der Waals surface area contributed by atoms with Crippen molar-refractivity contribution in [1.82, 2.24) is 0 Å². The summed E-state index contributed by atoms with van der Waals surface area (Å²) in [4.78, 5) is 22.9. The lowest BCUT2D eigenvalue weighted by molar-refractivity contribution is -0.149. The normalized spacial score (nSPS) is 13.5. The molecule has 0 radical (unpaired) electrons. The van der Waals surface area contributed by atoms with Gasteiger partial charge in [0, 0.05) is 12.8 Å². The van der Waals surface area contributed by atoms with Crippen LogP contribution in [-0.4, -0.2) is 24.1 Å². The van der Waals surface area contributed by atoms with Crippen molar-refractivity contribution in [2.75, 3.05) is 0 Å². The van der Waals surface area contributed by atoms with Crippen LogP contribution in [-0.2, 0) is 19.1 Å². The van der Waals surface area contributed by atoms with E-state index in [4.69, 9.17) is 9.47 Å². The molecule has 0 saturated heterocycles. The van der Waals surface area contributed by atoms with E-state index < -0.39 is 0 Å². The Morgan fingerprint density at radius 3 is 1.38 bits per heavy atom. The Kier molecular flexibility index (Phi) is 12.0. The third-order valence-corrected chi connectivity index (χ3v) is 3.58. The lowest BCUT2D eigenvalue weighted by atomic mass is 10.1. The van der Waals surface area contributed by atoms with Crippen molar-refractivity contribution in [3.05, 3.63) is 0 Å². The molecular formula is C17H32O4. The van der Waals surface area contributed by atoms with Crippen LogP contribution in [0.5, 0.6) is 0 Å². The molecule has 0 rings (SSSR count). The van der Waals surface area contributed by atoms with Gasteiger partial charge in [0.1, 0.15) is 0 Å². The van der Waals surface area contributed by atoms with Crippen molar-refractivity contribution < 1.29 is 19.1 Å². The Balaban J connectivity index is 3.40. The first kappa shape index (κ1) is 19.9. The van der Waals surface area contributed by atoms with Gasteiger partial charge in [0.25, 0.3) is 0 Å². The van der Waals surface area contributed by atoms with Gasteiger partial charge in [-0.05, 0) is 39.5 Å². The fourth-order valence-electron chi connectivity index (χ4n) is 1.80. The zero-order valence-electron chi connectivity index (χ0n) is 14.2. The maximum atomic E-state index is 11.4. The maximum Gasteiger partial charge on any atom is 0.306 e. The lowest BCUT2D eigenvalue weighted by Gasteiger charge is -2.11. The van der Waals surface area contributed by atoms with Crippen LogP contribution in [0.15, 0.2) is 0 Å². The number of unbranched alkanes of at least 4 members (excludes halogenated alkanes) is 4. The van der Waals surface area contributed by atoms with E-state index in [9.17, 15) is 9.59 Å². The molecule has 0 spiro atoms. The summed E-state index contributed by atoms with van der Waals surface area (Å²) in [5.41, 5.74) is 0. The van der Waals surface area contributed by atoms with Gasteiger partial charge in [-0.1, -0.05) is 33.1 Å². The number of carbonyl (C=O) groups is 2. The molecule has 21 heavy (non-hydrogen) atoms. The van der Waals surface area contributed by atoms with E-state index in [0.717, 1.165) is 44.9 Å². The van der Waals surface area contributed by atoms with E-state index in [0.29, 0.717) is 12.8 Å². The van der Waals surface area contributed by atoms with E-state index in [1.54, 1.807) is 0 Å². The van der Waals surface area contributed by atoms with Gasteiger partial charge in [-0.25, -0.2) is 0 Å². The minimum atomic E-state index is -0.0959. The molecule has 0 aliphatic heterocycles. The Morgan fingerprint density at radius 2 is 1.05 bits per heavy atom. The van der Waals surface area contributed by atoms with E-state index in [1.165, 1.54) is 0 Å². The van der Waals surface area contributed by atoms with Crippen LogP contribution in [0.4, 0.5) is 0 Å². The third-order valence-electron chi connectivity index (χ3n) is 3.58. The lowest BCUT2D eigenvalue weighted by Crippen LogP contribution is -2.13. The predicted octanol–water partition coefficient (Wildman–Crippen LogP) is 4.40. The second-order valence-electron chi connectivity index (χ2n) is 5.69. The molecule has 4 heteroatoms. The monoisotopic (exact) mass is 300 g/mol. The largest absolute Gasteiger partial charge is 0.463 e. The number of rotatable bonds is 12. The molecule has 0 fully saturated rings. The minimum Gasteiger partial charge on any atom is -0.463 e. The molecule has 0 amide bonds. The summed E-state index contributed by atoms with van der Waals surface area (Å²) in [6.45, 7) is 7.83. The van der Waals surface area contributed by atoms with Crippen LogP contribution in [0.1, 0.15) is 85.5 Å². The molecule has 0 bridgehead atoms. The van der Waals surface area contributed by atoms with Gasteiger partial charge in [-0.2, -0.15) is 0 Å². The van der Waals surface area contributed by atoms with Gasteiger partial charge < -0.3 is 9.47 Å². The van der Waals surface area contributed by atoms with Crippen LogP contribution in [0.3, 0.4) is 0 Å². The first-order valence-corrected chi connectivity index (χ1v) is 8.38.